The average molecular weight is 315 g/mol. The highest BCUT2D eigenvalue weighted by atomic mass is 16.3. The van der Waals surface area contributed by atoms with Gasteiger partial charge < -0.3 is 10.0 Å². The summed E-state index contributed by atoms with van der Waals surface area (Å²) < 4.78 is 0. The van der Waals surface area contributed by atoms with Crippen LogP contribution in [0.15, 0.2) is 18.2 Å². The third-order valence-electron chi connectivity index (χ3n) is 5.15. The van der Waals surface area contributed by atoms with Gasteiger partial charge in [0, 0.05) is 30.5 Å². The van der Waals surface area contributed by atoms with Crippen molar-refractivity contribution in [2.75, 3.05) is 19.7 Å². The van der Waals surface area contributed by atoms with E-state index in [4.69, 9.17) is 5.11 Å². The van der Waals surface area contributed by atoms with Crippen LogP contribution in [0.1, 0.15) is 48.2 Å². The van der Waals surface area contributed by atoms with Crippen molar-refractivity contribution in [2.24, 2.45) is 11.3 Å². The van der Waals surface area contributed by atoms with E-state index in [9.17, 15) is 9.59 Å². The number of nitrogens with zero attached hydrogens (tertiary/aromatic N) is 1. The van der Waals surface area contributed by atoms with Crippen molar-refractivity contribution in [3.63, 3.8) is 0 Å². The van der Waals surface area contributed by atoms with Crippen LogP contribution < -0.4 is 0 Å². The summed E-state index contributed by atoms with van der Waals surface area (Å²) in [5.41, 5.74) is 3.06. The fraction of sp³-hybridized carbons (Fsp3) is 0.579. The number of hydrogen-bond donors (Lipinski definition) is 1. The molecule has 0 saturated carbocycles. The number of aliphatic hydroxyl groups is 1. The van der Waals surface area contributed by atoms with Crippen LogP contribution in [0.3, 0.4) is 0 Å². The van der Waals surface area contributed by atoms with Gasteiger partial charge in [-0.05, 0) is 42.4 Å². The van der Waals surface area contributed by atoms with E-state index in [0.717, 1.165) is 32.4 Å². The minimum Gasteiger partial charge on any atom is -0.388 e. The molecule has 0 aromatic heterocycles. The molecule has 1 aromatic rings. The minimum atomic E-state index is -0.454. The SMILES string of the molecule is CC(C)CN1CC2(CCc3ccc(C(=O)CO)cc3C2)CC1=O. The number of likely N-dealkylation sites (tertiary alicyclic amines) is 1. The Hall–Kier alpha value is -1.68. The number of ketones is 1. The molecular formula is C19H25NO3. The standard InChI is InChI=1S/C19H25NO3/c1-13(2)10-20-12-19(9-18(20)23)6-5-14-3-4-15(17(22)11-21)7-16(14)8-19/h3-4,7,13,21H,5-6,8-12H2,1-2H3. The molecule has 0 radical (unpaired) electrons. The molecule has 1 unspecified atom stereocenters. The fourth-order valence-electron chi connectivity index (χ4n) is 4.07. The van der Waals surface area contributed by atoms with Crippen molar-refractivity contribution < 1.29 is 14.7 Å². The molecular weight excluding hydrogens is 290 g/mol. The maximum absolute atomic E-state index is 12.4. The van der Waals surface area contributed by atoms with Crippen LogP contribution in [-0.2, 0) is 17.6 Å². The zero-order chi connectivity index (χ0) is 16.6. The van der Waals surface area contributed by atoms with Gasteiger partial charge in [0.25, 0.3) is 0 Å². The monoisotopic (exact) mass is 315 g/mol. The summed E-state index contributed by atoms with van der Waals surface area (Å²) in [5, 5.41) is 9.05. The second-order valence-electron chi connectivity index (χ2n) is 7.59. The van der Waals surface area contributed by atoms with E-state index in [1.165, 1.54) is 11.1 Å². The van der Waals surface area contributed by atoms with E-state index in [1.807, 2.05) is 17.0 Å². The molecule has 1 N–H and O–H groups in total. The normalized spacial score (nSPS) is 23.7. The Bertz CT molecular complexity index is 638. The molecule has 1 spiro atoms. The summed E-state index contributed by atoms with van der Waals surface area (Å²) in [6.07, 6.45) is 3.48. The van der Waals surface area contributed by atoms with Crippen molar-refractivity contribution in [1.82, 2.24) is 4.90 Å². The molecule has 1 amide bonds. The first-order chi connectivity index (χ1) is 10.9. The predicted octanol–water partition coefficient (Wildman–Crippen LogP) is 2.23. The van der Waals surface area contributed by atoms with E-state index in [1.54, 1.807) is 6.07 Å². The van der Waals surface area contributed by atoms with E-state index < -0.39 is 6.61 Å². The molecule has 1 aliphatic heterocycles. The van der Waals surface area contributed by atoms with Gasteiger partial charge in [-0.3, -0.25) is 9.59 Å². The second-order valence-corrected chi connectivity index (χ2v) is 7.59. The minimum absolute atomic E-state index is 0.0276. The van der Waals surface area contributed by atoms with E-state index in [-0.39, 0.29) is 17.1 Å². The topological polar surface area (TPSA) is 57.6 Å². The van der Waals surface area contributed by atoms with Crippen LogP contribution >= 0.6 is 0 Å². The largest absolute Gasteiger partial charge is 0.388 e. The Balaban J connectivity index is 1.82. The Labute approximate surface area is 137 Å². The zero-order valence-corrected chi connectivity index (χ0v) is 14.0. The van der Waals surface area contributed by atoms with E-state index in [0.29, 0.717) is 17.9 Å². The molecule has 1 aromatic carbocycles. The Morgan fingerprint density at radius 2 is 2.09 bits per heavy atom. The Morgan fingerprint density at radius 3 is 2.78 bits per heavy atom. The van der Waals surface area contributed by atoms with Crippen LogP contribution in [0.25, 0.3) is 0 Å². The first-order valence-electron chi connectivity index (χ1n) is 8.46. The average Bonchev–Trinajstić information content (AvgIpc) is 2.80. The van der Waals surface area contributed by atoms with Crippen LogP contribution in [0.4, 0.5) is 0 Å². The fourth-order valence-corrected chi connectivity index (χ4v) is 4.07. The van der Waals surface area contributed by atoms with Gasteiger partial charge in [0.1, 0.15) is 6.61 Å². The molecule has 4 nitrogen and oxygen atoms in total. The molecule has 1 saturated heterocycles. The van der Waals surface area contributed by atoms with Crippen LogP contribution in [0.2, 0.25) is 0 Å². The van der Waals surface area contributed by atoms with Gasteiger partial charge in [-0.1, -0.05) is 26.0 Å². The second kappa shape index (κ2) is 6.08. The highest BCUT2D eigenvalue weighted by Crippen LogP contribution is 2.43. The summed E-state index contributed by atoms with van der Waals surface area (Å²) >= 11 is 0. The highest BCUT2D eigenvalue weighted by Gasteiger charge is 2.44. The summed E-state index contributed by atoms with van der Waals surface area (Å²) in [7, 11) is 0. The van der Waals surface area contributed by atoms with Crippen molar-refractivity contribution in [1.29, 1.82) is 0 Å². The molecule has 1 atom stereocenters. The van der Waals surface area contributed by atoms with Gasteiger partial charge in [0.15, 0.2) is 5.78 Å². The van der Waals surface area contributed by atoms with Crippen LogP contribution in [-0.4, -0.2) is 41.4 Å². The molecule has 3 rings (SSSR count). The number of rotatable bonds is 4. The summed E-state index contributed by atoms with van der Waals surface area (Å²) in [6.45, 7) is 5.49. The number of hydrogen-bond acceptors (Lipinski definition) is 3. The van der Waals surface area contributed by atoms with Crippen molar-refractivity contribution >= 4 is 11.7 Å². The van der Waals surface area contributed by atoms with Crippen LogP contribution in [0, 0.1) is 11.3 Å². The number of carbonyl (C=O) groups is 2. The van der Waals surface area contributed by atoms with Crippen LogP contribution in [0.5, 0.6) is 0 Å². The molecule has 0 bridgehead atoms. The summed E-state index contributed by atoms with van der Waals surface area (Å²) in [4.78, 5) is 26.1. The lowest BCUT2D eigenvalue weighted by Crippen LogP contribution is -2.34. The third kappa shape index (κ3) is 3.18. The number of amides is 1. The lowest BCUT2D eigenvalue weighted by atomic mass is 9.70. The van der Waals surface area contributed by atoms with Gasteiger partial charge in [0.05, 0.1) is 0 Å². The van der Waals surface area contributed by atoms with Gasteiger partial charge >= 0.3 is 0 Å². The first-order valence-corrected chi connectivity index (χ1v) is 8.46. The predicted molar refractivity (Wildman–Crippen MR) is 88.4 cm³/mol. The first kappa shape index (κ1) is 16.2. The van der Waals surface area contributed by atoms with Crippen molar-refractivity contribution in [3.05, 3.63) is 34.9 Å². The number of Topliss-reactive ketones (excluding diaryl/α,β-unsaturated/α-hetero) is 1. The van der Waals surface area contributed by atoms with Gasteiger partial charge in [0.2, 0.25) is 5.91 Å². The maximum atomic E-state index is 12.4. The number of carbonyl (C=O) groups excluding carboxylic acids is 2. The summed E-state index contributed by atoms with van der Waals surface area (Å²) in [6, 6.07) is 5.73. The molecule has 1 heterocycles. The smallest absolute Gasteiger partial charge is 0.223 e. The molecule has 2 aliphatic rings. The molecule has 124 valence electrons. The maximum Gasteiger partial charge on any atom is 0.223 e. The Morgan fingerprint density at radius 1 is 1.30 bits per heavy atom. The highest BCUT2D eigenvalue weighted by molar-refractivity contribution is 5.97. The number of aliphatic hydroxyl groups excluding tert-OH is 1. The van der Waals surface area contributed by atoms with E-state index >= 15 is 0 Å². The molecule has 23 heavy (non-hydrogen) atoms. The quantitative estimate of drug-likeness (QED) is 0.867. The van der Waals surface area contributed by atoms with Gasteiger partial charge in [-0.25, -0.2) is 0 Å². The lowest BCUT2D eigenvalue weighted by Gasteiger charge is -2.34. The third-order valence-corrected chi connectivity index (χ3v) is 5.15. The van der Waals surface area contributed by atoms with Crippen molar-refractivity contribution in [3.8, 4) is 0 Å². The number of benzene rings is 1. The van der Waals surface area contributed by atoms with Gasteiger partial charge in [-0.15, -0.1) is 0 Å². The van der Waals surface area contributed by atoms with E-state index in [2.05, 4.69) is 13.8 Å². The lowest BCUT2D eigenvalue weighted by molar-refractivity contribution is -0.128. The molecule has 1 aliphatic carbocycles. The zero-order valence-electron chi connectivity index (χ0n) is 14.0. The molecule has 1 fully saturated rings. The number of aryl methyl sites for hydroxylation is 1. The molecule has 4 heteroatoms. The number of fused-ring (bicyclic) bond motifs is 1. The Kier molecular flexibility index (Phi) is 4.28. The van der Waals surface area contributed by atoms with Gasteiger partial charge in [-0.2, -0.15) is 0 Å². The summed E-state index contributed by atoms with van der Waals surface area (Å²) in [5.74, 6) is 0.514. The van der Waals surface area contributed by atoms with Crippen molar-refractivity contribution in [2.45, 2.75) is 39.5 Å².